The molecule has 1 atom stereocenters. The van der Waals surface area contributed by atoms with Crippen molar-refractivity contribution < 1.29 is 17.9 Å². The summed E-state index contributed by atoms with van der Waals surface area (Å²) in [6.07, 6.45) is 2.34. The molecule has 0 radical (unpaired) electrons. The first-order valence-corrected chi connectivity index (χ1v) is 12.8. The number of aromatic nitrogens is 1. The number of ketones is 1. The first kappa shape index (κ1) is 23.6. The molecule has 0 aliphatic carbocycles. The highest BCUT2D eigenvalue weighted by molar-refractivity contribution is 7.89. The number of carbonyl (C=O) groups excluding carboxylic acids is 1. The minimum Gasteiger partial charge on any atom is -0.376 e. The van der Waals surface area contributed by atoms with Gasteiger partial charge in [-0.05, 0) is 44.9 Å². The fraction of sp³-hybridized carbons (Fsp3) is 0.500. The van der Waals surface area contributed by atoms with E-state index in [4.69, 9.17) is 4.74 Å². The lowest BCUT2D eigenvalue weighted by Gasteiger charge is -2.33. The minimum absolute atomic E-state index is 0.0377. The van der Waals surface area contributed by atoms with Crippen molar-refractivity contribution in [3.63, 3.8) is 0 Å². The summed E-state index contributed by atoms with van der Waals surface area (Å²) in [5.41, 5.74) is 2.89. The highest BCUT2D eigenvalue weighted by Gasteiger charge is 2.31. The molecule has 0 N–H and O–H groups in total. The van der Waals surface area contributed by atoms with E-state index in [0.717, 1.165) is 42.9 Å². The fourth-order valence-corrected chi connectivity index (χ4v) is 6.26. The van der Waals surface area contributed by atoms with E-state index in [1.54, 1.807) is 12.1 Å². The molecule has 2 aliphatic heterocycles. The number of hydrogen-bond donors (Lipinski definition) is 0. The number of carbonyl (C=O) groups is 1. The Hall–Kier alpha value is -2.51. The van der Waals surface area contributed by atoms with Crippen LogP contribution < -0.4 is 0 Å². The molecule has 1 aromatic heterocycles. The number of ether oxygens (including phenoxy) is 1. The molecule has 9 heteroatoms. The summed E-state index contributed by atoms with van der Waals surface area (Å²) >= 11 is 0. The Kier molecular flexibility index (Phi) is 7.00. The zero-order valence-electron chi connectivity index (χ0n) is 19.2. The number of nitriles is 1. The number of benzene rings is 1. The molecular formula is C24H30N4O4S. The van der Waals surface area contributed by atoms with Gasteiger partial charge in [0.2, 0.25) is 10.0 Å². The van der Waals surface area contributed by atoms with Crippen molar-refractivity contribution in [3.05, 3.63) is 52.8 Å². The fourth-order valence-electron chi connectivity index (χ4n) is 4.70. The van der Waals surface area contributed by atoms with Gasteiger partial charge in [-0.3, -0.25) is 9.69 Å². The number of Topliss-reactive ketones (excluding diaryl/α,β-unsaturated/α-hetero) is 1. The van der Waals surface area contributed by atoms with Crippen molar-refractivity contribution in [2.75, 3.05) is 39.3 Å². The largest absolute Gasteiger partial charge is 0.376 e. The third-order valence-corrected chi connectivity index (χ3v) is 8.56. The van der Waals surface area contributed by atoms with Crippen molar-refractivity contribution in [3.8, 4) is 6.07 Å². The molecule has 0 amide bonds. The molecule has 0 saturated carbocycles. The molecule has 2 saturated heterocycles. The van der Waals surface area contributed by atoms with Crippen LogP contribution in [-0.2, 0) is 21.3 Å². The number of hydrogen-bond acceptors (Lipinski definition) is 6. The van der Waals surface area contributed by atoms with Gasteiger partial charge < -0.3 is 9.30 Å². The highest BCUT2D eigenvalue weighted by Crippen LogP contribution is 2.23. The van der Waals surface area contributed by atoms with Crippen LogP contribution in [0, 0.1) is 25.2 Å². The lowest BCUT2D eigenvalue weighted by atomic mass is 10.1. The van der Waals surface area contributed by atoms with E-state index >= 15 is 0 Å². The van der Waals surface area contributed by atoms with Gasteiger partial charge >= 0.3 is 0 Å². The number of aryl methyl sites for hydroxylation is 1. The van der Waals surface area contributed by atoms with Crippen molar-refractivity contribution >= 4 is 15.8 Å². The van der Waals surface area contributed by atoms with Crippen molar-refractivity contribution in [1.29, 1.82) is 5.26 Å². The Bertz CT molecular complexity index is 1170. The molecule has 0 spiro atoms. The summed E-state index contributed by atoms with van der Waals surface area (Å²) in [4.78, 5) is 15.1. The van der Waals surface area contributed by atoms with E-state index in [2.05, 4.69) is 4.57 Å². The molecule has 176 valence electrons. The van der Waals surface area contributed by atoms with Gasteiger partial charge in [0.25, 0.3) is 0 Å². The third kappa shape index (κ3) is 4.89. The second-order valence-electron chi connectivity index (χ2n) is 8.74. The second-order valence-corrected chi connectivity index (χ2v) is 10.6. The van der Waals surface area contributed by atoms with Crippen LogP contribution in [0.25, 0.3) is 0 Å². The summed E-state index contributed by atoms with van der Waals surface area (Å²) in [6.45, 7) is 7.33. The van der Waals surface area contributed by atoms with Gasteiger partial charge in [0.05, 0.1) is 23.1 Å². The molecule has 1 aromatic carbocycles. The second kappa shape index (κ2) is 9.77. The Morgan fingerprint density at radius 2 is 1.91 bits per heavy atom. The number of rotatable bonds is 7. The molecule has 2 fully saturated rings. The van der Waals surface area contributed by atoms with Gasteiger partial charge in [0, 0.05) is 56.3 Å². The first-order chi connectivity index (χ1) is 15.8. The molecular weight excluding hydrogens is 440 g/mol. The molecule has 33 heavy (non-hydrogen) atoms. The predicted molar refractivity (Wildman–Crippen MR) is 124 cm³/mol. The van der Waals surface area contributed by atoms with E-state index in [9.17, 15) is 18.5 Å². The zero-order valence-corrected chi connectivity index (χ0v) is 20.0. The SMILES string of the molecule is Cc1cc(C(=O)CN2CCN(S(=O)(=O)c3ccccc3C#N)CC2)c(C)n1CC1CCCO1. The summed E-state index contributed by atoms with van der Waals surface area (Å²) in [7, 11) is -3.75. The van der Waals surface area contributed by atoms with Crippen LogP contribution in [0.3, 0.4) is 0 Å². The van der Waals surface area contributed by atoms with E-state index in [0.29, 0.717) is 13.1 Å². The first-order valence-electron chi connectivity index (χ1n) is 11.3. The van der Waals surface area contributed by atoms with Crippen LogP contribution in [0.2, 0.25) is 0 Å². The summed E-state index contributed by atoms with van der Waals surface area (Å²) in [5, 5.41) is 9.27. The molecule has 1 unspecified atom stereocenters. The summed E-state index contributed by atoms with van der Waals surface area (Å²) in [6, 6.07) is 10.2. The smallest absolute Gasteiger partial charge is 0.244 e. The van der Waals surface area contributed by atoms with Crippen LogP contribution in [0.15, 0.2) is 35.2 Å². The van der Waals surface area contributed by atoms with Crippen LogP contribution in [0.5, 0.6) is 0 Å². The molecule has 3 heterocycles. The monoisotopic (exact) mass is 470 g/mol. The minimum atomic E-state index is -3.75. The normalized spacial score (nSPS) is 20.1. The molecule has 0 bridgehead atoms. The maximum absolute atomic E-state index is 13.1. The predicted octanol–water partition coefficient (Wildman–Crippen LogP) is 2.34. The van der Waals surface area contributed by atoms with Gasteiger partial charge in [0.1, 0.15) is 6.07 Å². The Morgan fingerprint density at radius 3 is 2.58 bits per heavy atom. The van der Waals surface area contributed by atoms with Crippen molar-refractivity contribution in [2.45, 2.75) is 44.2 Å². The van der Waals surface area contributed by atoms with Gasteiger partial charge in [0.15, 0.2) is 5.78 Å². The lowest BCUT2D eigenvalue weighted by Crippen LogP contribution is -2.49. The van der Waals surface area contributed by atoms with E-state index in [-0.39, 0.29) is 42.0 Å². The summed E-state index contributed by atoms with van der Waals surface area (Å²) in [5.74, 6) is 0.0489. The van der Waals surface area contributed by atoms with Gasteiger partial charge in [-0.2, -0.15) is 9.57 Å². The number of sulfonamides is 1. The van der Waals surface area contributed by atoms with Crippen LogP contribution >= 0.6 is 0 Å². The molecule has 8 nitrogen and oxygen atoms in total. The van der Waals surface area contributed by atoms with Crippen molar-refractivity contribution in [2.24, 2.45) is 0 Å². The molecule has 2 aromatic rings. The Labute approximate surface area is 195 Å². The van der Waals surface area contributed by atoms with Crippen LogP contribution in [0.4, 0.5) is 0 Å². The Morgan fingerprint density at radius 1 is 1.18 bits per heavy atom. The van der Waals surface area contributed by atoms with Crippen LogP contribution in [0.1, 0.15) is 40.2 Å². The summed E-state index contributed by atoms with van der Waals surface area (Å²) < 4.78 is 35.4. The molecule has 2 aliphatic rings. The number of piperazine rings is 1. The molecule has 4 rings (SSSR count). The Balaban J connectivity index is 1.38. The van der Waals surface area contributed by atoms with Gasteiger partial charge in [-0.1, -0.05) is 12.1 Å². The average Bonchev–Trinajstić information content (AvgIpc) is 3.43. The van der Waals surface area contributed by atoms with Gasteiger partial charge in [-0.15, -0.1) is 0 Å². The van der Waals surface area contributed by atoms with E-state index in [1.807, 2.05) is 30.9 Å². The third-order valence-electron chi connectivity index (χ3n) is 6.61. The topological polar surface area (TPSA) is 95.6 Å². The lowest BCUT2D eigenvalue weighted by molar-refractivity contribution is 0.0896. The number of nitrogens with zero attached hydrogens (tertiary/aromatic N) is 4. The van der Waals surface area contributed by atoms with Crippen LogP contribution in [-0.4, -0.2) is 73.4 Å². The maximum Gasteiger partial charge on any atom is 0.244 e. The standard InChI is InChI=1S/C24H30N4O4S/c1-18-14-22(19(2)28(18)16-21-7-5-13-32-21)23(29)17-26-9-11-27(12-10-26)33(30,31)24-8-4-3-6-20(24)15-25/h3-4,6,8,14,21H,5,7,9-13,16-17H2,1-2H3. The highest BCUT2D eigenvalue weighted by atomic mass is 32.2. The zero-order chi connectivity index (χ0) is 23.6. The van der Waals surface area contributed by atoms with Gasteiger partial charge in [-0.25, -0.2) is 8.42 Å². The average molecular weight is 471 g/mol. The maximum atomic E-state index is 13.1. The van der Waals surface area contributed by atoms with Crippen molar-refractivity contribution in [1.82, 2.24) is 13.8 Å². The van der Waals surface area contributed by atoms with E-state index in [1.165, 1.54) is 16.4 Å². The van der Waals surface area contributed by atoms with E-state index < -0.39 is 10.0 Å². The quantitative estimate of drug-likeness (QED) is 0.577.